The molecule has 0 unspecified atom stereocenters. The van der Waals surface area contributed by atoms with Crippen LogP contribution < -0.4 is 0 Å². The SMILES string of the molecule is COC(=O)/C(=C/SC)c1ccccc1C. The van der Waals surface area contributed by atoms with Crippen LogP contribution in [-0.4, -0.2) is 19.3 Å². The summed E-state index contributed by atoms with van der Waals surface area (Å²) in [5, 5.41) is 1.81. The molecule has 0 saturated heterocycles. The molecule has 0 spiro atoms. The van der Waals surface area contributed by atoms with Gasteiger partial charge in [-0.05, 0) is 29.7 Å². The summed E-state index contributed by atoms with van der Waals surface area (Å²) in [6, 6.07) is 7.77. The number of carbonyl (C=O) groups is 1. The van der Waals surface area contributed by atoms with Crippen LogP contribution in [0.15, 0.2) is 29.7 Å². The maximum absolute atomic E-state index is 11.6. The van der Waals surface area contributed by atoms with Gasteiger partial charge in [-0.1, -0.05) is 24.3 Å². The Hall–Kier alpha value is -1.22. The molecule has 0 aliphatic heterocycles. The number of benzene rings is 1. The monoisotopic (exact) mass is 222 g/mol. The number of rotatable bonds is 3. The largest absolute Gasteiger partial charge is 0.465 e. The summed E-state index contributed by atoms with van der Waals surface area (Å²) >= 11 is 1.49. The lowest BCUT2D eigenvalue weighted by atomic mass is 10.0. The number of thioether (sulfide) groups is 1. The fourth-order valence-electron chi connectivity index (χ4n) is 1.32. The average molecular weight is 222 g/mol. The minimum absolute atomic E-state index is 0.293. The zero-order valence-electron chi connectivity index (χ0n) is 9.11. The number of hydrogen-bond donors (Lipinski definition) is 0. The first kappa shape index (κ1) is 11.9. The van der Waals surface area contributed by atoms with Crippen LogP contribution in [0, 0.1) is 6.92 Å². The van der Waals surface area contributed by atoms with Crippen molar-refractivity contribution in [2.75, 3.05) is 13.4 Å². The summed E-state index contributed by atoms with van der Waals surface area (Å²) in [6.45, 7) is 1.98. The van der Waals surface area contributed by atoms with E-state index in [2.05, 4.69) is 0 Å². The van der Waals surface area contributed by atoms with Gasteiger partial charge in [-0.3, -0.25) is 0 Å². The molecule has 0 aromatic heterocycles. The molecule has 2 nitrogen and oxygen atoms in total. The van der Waals surface area contributed by atoms with Crippen LogP contribution in [0.4, 0.5) is 0 Å². The highest BCUT2D eigenvalue weighted by molar-refractivity contribution is 8.01. The molecule has 1 aromatic carbocycles. The molecular formula is C12H14O2S. The summed E-state index contributed by atoms with van der Waals surface area (Å²) in [5.74, 6) is -0.293. The molecule has 0 heterocycles. The van der Waals surface area contributed by atoms with E-state index in [0.717, 1.165) is 11.1 Å². The summed E-state index contributed by atoms with van der Waals surface area (Å²) < 4.78 is 4.75. The molecule has 1 rings (SSSR count). The molecular weight excluding hydrogens is 208 g/mol. The number of ether oxygens (including phenoxy) is 1. The average Bonchev–Trinajstić information content (AvgIpc) is 2.26. The van der Waals surface area contributed by atoms with Gasteiger partial charge < -0.3 is 4.74 Å². The Balaban J connectivity index is 3.17. The van der Waals surface area contributed by atoms with Gasteiger partial charge in [-0.25, -0.2) is 4.79 Å². The number of methoxy groups -OCH3 is 1. The first-order valence-corrected chi connectivity index (χ1v) is 5.86. The van der Waals surface area contributed by atoms with Crippen molar-refractivity contribution < 1.29 is 9.53 Å². The third kappa shape index (κ3) is 2.86. The van der Waals surface area contributed by atoms with Gasteiger partial charge in [0.1, 0.15) is 0 Å². The lowest BCUT2D eigenvalue weighted by Crippen LogP contribution is -2.04. The Morgan fingerprint density at radius 3 is 2.60 bits per heavy atom. The number of carbonyl (C=O) groups excluding carboxylic acids is 1. The van der Waals surface area contributed by atoms with Gasteiger partial charge in [0.15, 0.2) is 0 Å². The van der Waals surface area contributed by atoms with E-state index in [1.165, 1.54) is 18.9 Å². The Morgan fingerprint density at radius 2 is 2.07 bits per heavy atom. The van der Waals surface area contributed by atoms with E-state index >= 15 is 0 Å². The molecule has 0 atom stereocenters. The molecule has 0 fully saturated rings. The van der Waals surface area contributed by atoms with E-state index in [9.17, 15) is 4.79 Å². The van der Waals surface area contributed by atoms with Crippen LogP contribution in [0.5, 0.6) is 0 Å². The fourth-order valence-corrected chi connectivity index (χ4v) is 1.78. The second-order valence-electron chi connectivity index (χ2n) is 3.07. The minimum Gasteiger partial charge on any atom is -0.465 e. The van der Waals surface area contributed by atoms with Crippen molar-refractivity contribution >= 4 is 23.3 Å². The van der Waals surface area contributed by atoms with Crippen molar-refractivity contribution in [2.24, 2.45) is 0 Å². The van der Waals surface area contributed by atoms with Crippen molar-refractivity contribution in [3.05, 3.63) is 40.8 Å². The van der Waals surface area contributed by atoms with E-state index in [0.29, 0.717) is 5.57 Å². The van der Waals surface area contributed by atoms with Gasteiger partial charge in [-0.15, -0.1) is 11.8 Å². The van der Waals surface area contributed by atoms with Gasteiger partial charge in [0.2, 0.25) is 0 Å². The van der Waals surface area contributed by atoms with Crippen LogP contribution in [-0.2, 0) is 9.53 Å². The maximum atomic E-state index is 11.6. The van der Waals surface area contributed by atoms with E-state index < -0.39 is 0 Å². The fraction of sp³-hybridized carbons (Fsp3) is 0.250. The zero-order chi connectivity index (χ0) is 11.3. The first-order chi connectivity index (χ1) is 7.20. The Bertz CT molecular complexity index is 383. The van der Waals surface area contributed by atoms with E-state index in [4.69, 9.17) is 4.74 Å². The molecule has 3 heteroatoms. The first-order valence-electron chi connectivity index (χ1n) is 4.58. The molecule has 0 radical (unpaired) electrons. The number of hydrogen-bond acceptors (Lipinski definition) is 3. The predicted octanol–water partition coefficient (Wildman–Crippen LogP) is 2.87. The molecule has 0 saturated carbocycles. The summed E-state index contributed by atoms with van der Waals surface area (Å²) in [4.78, 5) is 11.6. The Morgan fingerprint density at radius 1 is 1.40 bits per heavy atom. The molecule has 80 valence electrons. The molecule has 0 N–H and O–H groups in total. The maximum Gasteiger partial charge on any atom is 0.338 e. The number of aryl methyl sites for hydroxylation is 1. The lowest BCUT2D eigenvalue weighted by Gasteiger charge is -2.07. The molecule has 0 aliphatic rings. The van der Waals surface area contributed by atoms with Crippen molar-refractivity contribution in [1.29, 1.82) is 0 Å². The van der Waals surface area contributed by atoms with Crippen LogP contribution in [0.1, 0.15) is 11.1 Å². The summed E-state index contributed by atoms with van der Waals surface area (Å²) in [7, 11) is 1.40. The normalized spacial score (nSPS) is 11.3. The smallest absolute Gasteiger partial charge is 0.338 e. The van der Waals surface area contributed by atoms with E-state index in [1.807, 2.05) is 42.9 Å². The Labute approximate surface area is 94.3 Å². The second-order valence-corrected chi connectivity index (χ2v) is 3.78. The highest BCUT2D eigenvalue weighted by atomic mass is 32.2. The van der Waals surface area contributed by atoms with Gasteiger partial charge in [-0.2, -0.15) is 0 Å². The second kappa shape index (κ2) is 5.61. The van der Waals surface area contributed by atoms with Gasteiger partial charge in [0.05, 0.1) is 12.7 Å². The van der Waals surface area contributed by atoms with Crippen LogP contribution >= 0.6 is 11.8 Å². The molecule has 0 amide bonds. The minimum atomic E-state index is -0.293. The molecule has 15 heavy (non-hydrogen) atoms. The van der Waals surface area contributed by atoms with E-state index in [1.54, 1.807) is 0 Å². The molecule has 0 bridgehead atoms. The van der Waals surface area contributed by atoms with Crippen molar-refractivity contribution in [1.82, 2.24) is 0 Å². The quantitative estimate of drug-likeness (QED) is 0.581. The standard InChI is InChI=1S/C12H14O2S/c1-9-6-4-5-7-10(9)11(8-15-3)12(13)14-2/h4-8H,1-3H3/b11-8+. The van der Waals surface area contributed by atoms with Crippen molar-refractivity contribution in [3.63, 3.8) is 0 Å². The Kier molecular flexibility index (Phi) is 4.43. The van der Waals surface area contributed by atoms with Crippen LogP contribution in [0.3, 0.4) is 0 Å². The third-order valence-electron chi connectivity index (χ3n) is 2.08. The number of esters is 1. The van der Waals surface area contributed by atoms with Gasteiger partial charge in [0, 0.05) is 0 Å². The molecule has 0 aliphatic carbocycles. The third-order valence-corrected chi connectivity index (χ3v) is 2.55. The van der Waals surface area contributed by atoms with Crippen molar-refractivity contribution in [3.8, 4) is 0 Å². The molecule has 1 aromatic rings. The predicted molar refractivity (Wildman–Crippen MR) is 64.7 cm³/mol. The van der Waals surface area contributed by atoms with E-state index in [-0.39, 0.29) is 5.97 Å². The summed E-state index contributed by atoms with van der Waals surface area (Å²) in [5.41, 5.74) is 2.62. The zero-order valence-corrected chi connectivity index (χ0v) is 9.93. The van der Waals surface area contributed by atoms with Gasteiger partial charge in [0.25, 0.3) is 0 Å². The topological polar surface area (TPSA) is 26.3 Å². The summed E-state index contributed by atoms with van der Waals surface area (Å²) in [6.07, 6.45) is 1.92. The highest BCUT2D eigenvalue weighted by Gasteiger charge is 2.13. The lowest BCUT2D eigenvalue weighted by molar-refractivity contribution is -0.133. The van der Waals surface area contributed by atoms with Crippen LogP contribution in [0.2, 0.25) is 0 Å². The van der Waals surface area contributed by atoms with Crippen LogP contribution in [0.25, 0.3) is 5.57 Å². The van der Waals surface area contributed by atoms with Crippen molar-refractivity contribution in [2.45, 2.75) is 6.92 Å². The highest BCUT2D eigenvalue weighted by Crippen LogP contribution is 2.22. The van der Waals surface area contributed by atoms with Gasteiger partial charge >= 0.3 is 5.97 Å².